The molecule has 1 aromatic rings. The van der Waals surface area contributed by atoms with Crippen molar-refractivity contribution in [3.05, 3.63) is 12.4 Å². The summed E-state index contributed by atoms with van der Waals surface area (Å²) >= 11 is -0.282. The van der Waals surface area contributed by atoms with E-state index in [2.05, 4.69) is 9.82 Å². The number of alkyl halides is 3. The zero-order valence-electron chi connectivity index (χ0n) is 9.72. The van der Waals surface area contributed by atoms with Crippen molar-refractivity contribution in [2.45, 2.75) is 16.9 Å². The molecule has 0 saturated heterocycles. The zero-order chi connectivity index (χ0) is 14.5. The second-order valence-electron chi connectivity index (χ2n) is 3.42. The number of nitrogens with one attached hydrogen (secondary N) is 1. The fourth-order valence-electron chi connectivity index (χ4n) is 1.16. The third kappa shape index (κ3) is 5.80. The molecule has 0 radical (unpaired) electrons. The predicted octanol–water partition coefficient (Wildman–Crippen LogP) is 0.373. The molecule has 1 aromatic heterocycles. The van der Waals surface area contributed by atoms with Crippen LogP contribution in [0.4, 0.5) is 13.2 Å². The molecular formula is C8H13F3N4O2S2. The summed E-state index contributed by atoms with van der Waals surface area (Å²) in [5.74, 6) is -0.389. The van der Waals surface area contributed by atoms with E-state index in [1.165, 1.54) is 10.9 Å². The van der Waals surface area contributed by atoms with Crippen LogP contribution in [0.1, 0.15) is 0 Å². The fourth-order valence-corrected chi connectivity index (χ4v) is 2.71. The minimum atomic E-state index is -4.36. The van der Waals surface area contributed by atoms with Gasteiger partial charge in [-0.1, -0.05) is 0 Å². The number of nitrogens with two attached hydrogens (primary N) is 1. The molecule has 1 heterocycles. The van der Waals surface area contributed by atoms with E-state index < -0.39 is 15.5 Å². The molecule has 0 aromatic carbocycles. The van der Waals surface area contributed by atoms with Crippen LogP contribution in [0.2, 0.25) is 0 Å². The van der Waals surface area contributed by atoms with Gasteiger partial charge in [0, 0.05) is 25.0 Å². The lowest BCUT2D eigenvalue weighted by molar-refractivity contribution is -0.0327. The highest BCUT2D eigenvalue weighted by Crippen LogP contribution is 2.29. The summed E-state index contributed by atoms with van der Waals surface area (Å²) in [5.41, 5.74) is 0.919. The van der Waals surface area contributed by atoms with E-state index in [1.807, 2.05) is 0 Å². The van der Waals surface area contributed by atoms with E-state index in [4.69, 9.17) is 5.73 Å². The van der Waals surface area contributed by atoms with Crippen molar-refractivity contribution < 1.29 is 21.6 Å². The van der Waals surface area contributed by atoms with Gasteiger partial charge in [0.25, 0.3) is 0 Å². The Bertz CT molecular complexity index is 500. The van der Waals surface area contributed by atoms with E-state index in [9.17, 15) is 21.6 Å². The Hall–Kier alpha value is -0.780. The van der Waals surface area contributed by atoms with Crippen molar-refractivity contribution in [1.82, 2.24) is 14.5 Å². The second kappa shape index (κ2) is 6.59. The van der Waals surface area contributed by atoms with Crippen LogP contribution in [0.3, 0.4) is 0 Å². The van der Waals surface area contributed by atoms with E-state index in [0.29, 0.717) is 13.1 Å². The van der Waals surface area contributed by atoms with Gasteiger partial charge in [-0.05, 0) is 11.8 Å². The van der Waals surface area contributed by atoms with Gasteiger partial charge >= 0.3 is 5.51 Å². The van der Waals surface area contributed by atoms with Crippen LogP contribution in [0, 0.1) is 0 Å². The molecule has 0 spiro atoms. The zero-order valence-corrected chi connectivity index (χ0v) is 11.4. The summed E-state index contributed by atoms with van der Waals surface area (Å²) in [6.07, 6.45) is 2.39. The first kappa shape index (κ1) is 16.3. The van der Waals surface area contributed by atoms with Crippen molar-refractivity contribution in [3.8, 4) is 0 Å². The molecule has 110 valence electrons. The second-order valence-corrected chi connectivity index (χ2v) is 6.35. The van der Waals surface area contributed by atoms with E-state index in [-0.39, 0.29) is 29.0 Å². The third-order valence-electron chi connectivity index (χ3n) is 1.94. The van der Waals surface area contributed by atoms with E-state index >= 15 is 0 Å². The van der Waals surface area contributed by atoms with Gasteiger partial charge in [-0.25, -0.2) is 13.1 Å². The van der Waals surface area contributed by atoms with Crippen LogP contribution in [0.15, 0.2) is 17.3 Å². The maximum Gasteiger partial charge on any atom is 0.441 e. The number of hydrogen-bond donors (Lipinski definition) is 2. The monoisotopic (exact) mass is 318 g/mol. The maximum atomic E-state index is 11.8. The smallest absolute Gasteiger partial charge is 0.329 e. The molecule has 0 bridgehead atoms. The minimum absolute atomic E-state index is 0.0991. The average molecular weight is 318 g/mol. The Morgan fingerprint density at radius 3 is 2.74 bits per heavy atom. The van der Waals surface area contributed by atoms with Gasteiger partial charge in [0.05, 0.1) is 12.7 Å². The highest BCUT2D eigenvalue weighted by molar-refractivity contribution is 8.00. The first-order valence-electron chi connectivity index (χ1n) is 5.17. The minimum Gasteiger partial charge on any atom is -0.329 e. The lowest BCUT2D eigenvalue weighted by Gasteiger charge is -2.06. The molecule has 11 heteroatoms. The number of nitrogens with zero attached hydrogens (tertiary/aromatic N) is 2. The first-order chi connectivity index (χ1) is 8.74. The highest BCUT2D eigenvalue weighted by Gasteiger charge is 2.27. The Morgan fingerprint density at radius 1 is 1.47 bits per heavy atom. The number of hydrogen-bond acceptors (Lipinski definition) is 5. The molecule has 6 nitrogen and oxygen atoms in total. The summed E-state index contributed by atoms with van der Waals surface area (Å²) < 4.78 is 62.3. The molecule has 0 saturated carbocycles. The SMILES string of the molecule is NCCn1cc(S(=O)(=O)NCCSC(F)(F)F)cn1. The van der Waals surface area contributed by atoms with Crippen LogP contribution < -0.4 is 10.5 Å². The molecule has 1 rings (SSSR count). The van der Waals surface area contributed by atoms with Crippen LogP contribution >= 0.6 is 11.8 Å². The molecule has 0 aliphatic rings. The lowest BCUT2D eigenvalue weighted by Crippen LogP contribution is -2.26. The predicted molar refractivity (Wildman–Crippen MR) is 65.0 cm³/mol. The molecule has 0 unspecified atom stereocenters. The number of aromatic nitrogens is 2. The number of thioether (sulfide) groups is 1. The van der Waals surface area contributed by atoms with Crippen molar-refractivity contribution in [2.75, 3.05) is 18.8 Å². The van der Waals surface area contributed by atoms with Gasteiger partial charge in [-0.3, -0.25) is 4.68 Å². The van der Waals surface area contributed by atoms with Crippen molar-refractivity contribution in [2.24, 2.45) is 5.73 Å². The molecule has 0 aliphatic heterocycles. The van der Waals surface area contributed by atoms with Crippen molar-refractivity contribution >= 4 is 21.8 Å². The van der Waals surface area contributed by atoms with Gasteiger partial charge in [-0.2, -0.15) is 18.3 Å². The van der Waals surface area contributed by atoms with Crippen molar-refractivity contribution in [3.63, 3.8) is 0 Å². The molecule has 0 amide bonds. The Labute approximate surface area is 112 Å². The Balaban J connectivity index is 2.51. The van der Waals surface area contributed by atoms with Crippen molar-refractivity contribution in [1.29, 1.82) is 0 Å². The summed E-state index contributed by atoms with van der Waals surface area (Å²) in [7, 11) is -3.83. The van der Waals surface area contributed by atoms with Crippen LogP contribution in [-0.2, 0) is 16.6 Å². The molecule has 0 fully saturated rings. The molecule has 19 heavy (non-hydrogen) atoms. The summed E-state index contributed by atoms with van der Waals surface area (Å²) in [6, 6.07) is 0. The normalized spacial score (nSPS) is 12.8. The van der Waals surface area contributed by atoms with Gasteiger partial charge < -0.3 is 5.73 Å². The highest BCUT2D eigenvalue weighted by atomic mass is 32.2. The van der Waals surface area contributed by atoms with Crippen LogP contribution in [0.5, 0.6) is 0 Å². The van der Waals surface area contributed by atoms with E-state index in [1.54, 1.807) is 0 Å². The standard InChI is InChI=1S/C8H13F3N4O2S2/c9-8(10,11)18-4-2-14-19(16,17)7-5-13-15(6-7)3-1-12/h5-6,14H,1-4,12H2. The summed E-state index contributed by atoms with van der Waals surface area (Å²) in [5, 5.41) is 3.77. The average Bonchev–Trinajstić information content (AvgIpc) is 2.73. The fraction of sp³-hybridized carbons (Fsp3) is 0.625. The molecular weight excluding hydrogens is 305 g/mol. The number of sulfonamides is 1. The maximum absolute atomic E-state index is 11.8. The molecule has 0 aliphatic carbocycles. The van der Waals surface area contributed by atoms with E-state index in [0.717, 1.165) is 6.20 Å². The lowest BCUT2D eigenvalue weighted by atomic mass is 10.6. The van der Waals surface area contributed by atoms with Crippen LogP contribution in [-0.4, -0.2) is 42.5 Å². The molecule has 0 atom stereocenters. The first-order valence-corrected chi connectivity index (χ1v) is 7.64. The number of rotatable bonds is 7. The summed E-state index contributed by atoms with van der Waals surface area (Å²) in [4.78, 5) is -0.0991. The third-order valence-corrected chi connectivity index (χ3v) is 4.09. The quantitative estimate of drug-likeness (QED) is 0.709. The van der Waals surface area contributed by atoms with Gasteiger partial charge in [0.2, 0.25) is 10.0 Å². The summed E-state index contributed by atoms with van der Waals surface area (Å²) in [6.45, 7) is 0.352. The number of halogens is 3. The van der Waals surface area contributed by atoms with Gasteiger partial charge in [0.1, 0.15) is 4.90 Å². The topological polar surface area (TPSA) is 90.0 Å². The van der Waals surface area contributed by atoms with Gasteiger partial charge in [-0.15, -0.1) is 0 Å². The Kier molecular flexibility index (Phi) is 5.64. The van der Waals surface area contributed by atoms with Crippen LogP contribution in [0.25, 0.3) is 0 Å². The Morgan fingerprint density at radius 2 is 2.16 bits per heavy atom. The molecule has 3 N–H and O–H groups in total. The van der Waals surface area contributed by atoms with Gasteiger partial charge in [0.15, 0.2) is 0 Å². The largest absolute Gasteiger partial charge is 0.441 e.